The van der Waals surface area contributed by atoms with E-state index in [0.717, 1.165) is 37.1 Å². The van der Waals surface area contributed by atoms with Gasteiger partial charge in [-0.15, -0.1) is 0 Å². The number of ketones is 1. The Balaban J connectivity index is 1.58. The van der Waals surface area contributed by atoms with E-state index in [1.165, 1.54) is 0 Å². The van der Waals surface area contributed by atoms with Gasteiger partial charge in [-0.2, -0.15) is 0 Å². The van der Waals surface area contributed by atoms with Gasteiger partial charge < -0.3 is 10.1 Å². The Bertz CT molecular complexity index is 879. The van der Waals surface area contributed by atoms with Crippen LogP contribution in [0.2, 0.25) is 0 Å². The van der Waals surface area contributed by atoms with Crippen molar-refractivity contribution in [2.24, 2.45) is 5.92 Å². The van der Waals surface area contributed by atoms with Gasteiger partial charge in [0.1, 0.15) is 5.60 Å². The molecule has 2 aromatic carbocycles. The van der Waals surface area contributed by atoms with Crippen LogP contribution in [0.25, 0.3) is 11.1 Å². The molecule has 0 bridgehead atoms. The van der Waals surface area contributed by atoms with Crippen LogP contribution in [0, 0.1) is 5.92 Å². The molecule has 0 unspecified atom stereocenters. The molecule has 0 atom stereocenters. The van der Waals surface area contributed by atoms with Gasteiger partial charge in [0.05, 0.1) is 18.7 Å². The van der Waals surface area contributed by atoms with Gasteiger partial charge >= 0.3 is 5.97 Å². The first-order valence-electron chi connectivity index (χ1n) is 9.30. The second-order valence-corrected chi connectivity index (χ2v) is 7.77. The minimum atomic E-state index is -0.503. The molecular weight excluding hydrogens is 326 g/mol. The molecule has 4 nitrogen and oxygen atoms in total. The van der Waals surface area contributed by atoms with Gasteiger partial charge in [0, 0.05) is 29.9 Å². The first-order valence-corrected chi connectivity index (χ1v) is 9.30. The normalized spacial score (nSPS) is 16.9. The molecule has 0 aromatic heterocycles. The van der Waals surface area contributed by atoms with E-state index in [9.17, 15) is 9.59 Å². The molecule has 134 valence electrons. The van der Waals surface area contributed by atoms with Crippen molar-refractivity contribution < 1.29 is 19.6 Å². The van der Waals surface area contributed by atoms with Crippen molar-refractivity contribution in [1.29, 1.82) is 0 Å². The number of piperidine rings is 1. The minimum absolute atomic E-state index is 0.0210. The number of benzene rings is 2. The van der Waals surface area contributed by atoms with Crippen LogP contribution in [-0.4, -0.2) is 30.4 Å². The number of esters is 1. The van der Waals surface area contributed by atoms with Crippen molar-refractivity contribution in [3.8, 4) is 11.1 Å². The standard InChI is InChI=1S/C22H23NO3/c1-22(2,15-9-11-23-12-10-15)26-21(25)14-7-8-17-16-5-3-4-6-18(16)20(24)19(17)13-14/h3-8,13,15,23H,9-12H2,1-2H3/p+1. The highest BCUT2D eigenvalue weighted by Crippen LogP contribution is 2.37. The van der Waals surface area contributed by atoms with Gasteiger partial charge in [-0.3, -0.25) is 4.79 Å². The molecule has 26 heavy (non-hydrogen) atoms. The second-order valence-electron chi connectivity index (χ2n) is 7.77. The van der Waals surface area contributed by atoms with Gasteiger partial charge in [0.15, 0.2) is 5.78 Å². The predicted octanol–water partition coefficient (Wildman–Crippen LogP) is 2.81. The van der Waals surface area contributed by atoms with Crippen LogP contribution in [0.5, 0.6) is 0 Å². The quantitative estimate of drug-likeness (QED) is 0.739. The molecule has 0 radical (unpaired) electrons. The number of ether oxygens (including phenoxy) is 1. The lowest BCUT2D eigenvalue weighted by Crippen LogP contribution is -2.86. The fraction of sp³-hybridized carbons (Fsp3) is 0.364. The fourth-order valence-electron chi connectivity index (χ4n) is 4.16. The Morgan fingerprint density at radius 3 is 2.38 bits per heavy atom. The van der Waals surface area contributed by atoms with Crippen LogP contribution < -0.4 is 5.32 Å². The summed E-state index contributed by atoms with van der Waals surface area (Å²) in [5.41, 5.74) is 3.06. The van der Waals surface area contributed by atoms with Crippen LogP contribution in [0.4, 0.5) is 0 Å². The lowest BCUT2D eigenvalue weighted by atomic mass is 9.83. The number of nitrogens with two attached hydrogens (primary N) is 1. The third kappa shape index (κ3) is 2.84. The van der Waals surface area contributed by atoms with E-state index in [-0.39, 0.29) is 11.8 Å². The molecule has 0 spiro atoms. The number of rotatable bonds is 3. The van der Waals surface area contributed by atoms with E-state index in [4.69, 9.17) is 4.74 Å². The highest BCUT2D eigenvalue weighted by atomic mass is 16.6. The average molecular weight is 350 g/mol. The molecule has 0 amide bonds. The molecular formula is C22H24NO3+. The van der Waals surface area contributed by atoms with Crippen molar-refractivity contribution in [3.05, 3.63) is 59.2 Å². The largest absolute Gasteiger partial charge is 0.456 e. The number of hydrogen-bond donors (Lipinski definition) is 1. The van der Waals surface area contributed by atoms with E-state index < -0.39 is 5.60 Å². The molecule has 2 aromatic rings. The molecule has 4 heteroatoms. The van der Waals surface area contributed by atoms with Crippen LogP contribution in [0.3, 0.4) is 0 Å². The van der Waals surface area contributed by atoms with E-state index in [0.29, 0.717) is 22.6 Å². The Morgan fingerprint density at radius 1 is 1.00 bits per heavy atom. The van der Waals surface area contributed by atoms with Gasteiger partial charge in [0.25, 0.3) is 0 Å². The summed E-state index contributed by atoms with van der Waals surface area (Å²) in [7, 11) is 0. The second kappa shape index (κ2) is 6.36. The van der Waals surface area contributed by atoms with E-state index in [1.54, 1.807) is 12.1 Å². The minimum Gasteiger partial charge on any atom is -0.456 e. The van der Waals surface area contributed by atoms with Crippen molar-refractivity contribution >= 4 is 11.8 Å². The summed E-state index contributed by atoms with van der Waals surface area (Å²) in [5, 5.41) is 2.30. The van der Waals surface area contributed by atoms with Gasteiger partial charge in [-0.05, 0) is 37.1 Å². The molecule has 1 saturated heterocycles. The zero-order valence-corrected chi connectivity index (χ0v) is 15.2. The molecule has 0 saturated carbocycles. The highest BCUT2D eigenvalue weighted by molar-refractivity contribution is 6.22. The fourth-order valence-corrected chi connectivity index (χ4v) is 4.16. The van der Waals surface area contributed by atoms with Gasteiger partial charge in [-0.1, -0.05) is 30.3 Å². The molecule has 1 fully saturated rings. The topological polar surface area (TPSA) is 60.0 Å². The van der Waals surface area contributed by atoms with Gasteiger partial charge in [0.2, 0.25) is 0 Å². The third-order valence-corrected chi connectivity index (χ3v) is 5.74. The lowest BCUT2D eigenvalue weighted by Gasteiger charge is -2.35. The highest BCUT2D eigenvalue weighted by Gasteiger charge is 2.36. The maximum atomic E-state index is 12.7. The van der Waals surface area contributed by atoms with Crippen molar-refractivity contribution in [3.63, 3.8) is 0 Å². The summed E-state index contributed by atoms with van der Waals surface area (Å²) in [6.45, 7) is 6.15. The molecule has 1 aliphatic heterocycles. The van der Waals surface area contributed by atoms with E-state index in [1.807, 2.05) is 44.2 Å². The summed E-state index contributed by atoms with van der Waals surface area (Å²) in [6, 6.07) is 12.9. The molecule has 4 rings (SSSR count). The Labute approximate surface area is 153 Å². The zero-order chi connectivity index (χ0) is 18.3. The van der Waals surface area contributed by atoms with Crippen molar-refractivity contribution in [2.45, 2.75) is 32.3 Å². The smallest absolute Gasteiger partial charge is 0.338 e. The SMILES string of the molecule is CC(C)(OC(=O)c1ccc2c(c1)C(=O)c1ccccc1-2)C1CC[NH2+]CC1. The van der Waals surface area contributed by atoms with Crippen LogP contribution >= 0.6 is 0 Å². The van der Waals surface area contributed by atoms with Crippen molar-refractivity contribution in [2.75, 3.05) is 13.1 Å². The Kier molecular flexibility index (Phi) is 4.16. The van der Waals surface area contributed by atoms with Crippen LogP contribution in [-0.2, 0) is 4.74 Å². The number of carbonyl (C=O) groups is 2. The van der Waals surface area contributed by atoms with E-state index >= 15 is 0 Å². The summed E-state index contributed by atoms with van der Waals surface area (Å²) in [4.78, 5) is 25.4. The van der Waals surface area contributed by atoms with Crippen LogP contribution in [0.1, 0.15) is 53.0 Å². The lowest BCUT2D eigenvalue weighted by molar-refractivity contribution is -0.665. The van der Waals surface area contributed by atoms with Crippen molar-refractivity contribution in [1.82, 2.24) is 0 Å². The maximum Gasteiger partial charge on any atom is 0.338 e. The first-order chi connectivity index (χ1) is 12.5. The number of fused-ring (bicyclic) bond motifs is 3. The molecule has 2 N–H and O–H groups in total. The number of hydrogen-bond acceptors (Lipinski definition) is 3. The average Bonchev–Trinajstić information content (AvgIpc) is 2.95. The van der Waals surface area contributed by atoms with Crippen LogP contribution in [0.15, 0.2) is 42.5 Å². The third-order valence-electron chi connectivity index (χ3n) is 5.74. The predicted molar refractivity (Wildman–Crippen MR) is 99.2 cm³/mol. The molecule has 1 aliphatic carbocycles. The Morgan fingerprint density at radius 2 is 1.65 bits per heavy atom. The summed E-state index contributed by atoms with van der Waals surface area (Å²) in [6.07, 6.45) is 2.11. The number of carbonyl (C=O) groups excluding carboxylic acids is 2. The summed E-state index contributed by atoms with van der Waals surface area (Å²) >= 11 is 0. The monoisotopic (exact) mass is 350 g/mol. The molecule has 1 heterocycles. The first kappa shape index (κ1) is 17.0. The molecule has 2 aliphatic rings. The summed E-state index contributed by atoms with van der Waals surface area (Å²) in [5.74, 6) is 0.000186. The van der Waals surface area contributed by atoms with E-state index in [2.05, 4.69) is 5.32 Å². The summed E-state index contributed by atoms with van der Waals surface area (Å²) < 4.78 is 5.87. The maximum absolute atomic E-state index is 12.7. The number of quaternary nitrogens is 1. The Hall–Kier alpha value is -2.46. The zero-order valence-electron chi connectivity index (χ0n) is 15.2. The van der Waals surface area contributed by atoms with Gasteiger partial charge in [-0.25, -0.2) is 4.79 Å².